The lowest BCUT2D eigenvalue weighted by atomic mass is 10.0. The Bertz CT molecular complexity index is 1300. The first-order chi connectivity index (χ1) is 14.7. The van der Waals surface area contributed by atoms with Crippen molar-refractivity contribution < 1.29 is 27.8 Å². The molecule has 4 rings (SSSR count). The van der Waals surface area contributed by atoms with Gasteiger partial charge in [0.15, 0.2) is 5.65 Å². The van der Waals surface area contributed by atoms with Crippen molar-refractivity contribution in [1.29, 1.82) is 0 Å². The van der Waals surface area contributed by atoms with E-state index in [-0.39, 0.29) is 28.0 Å². The molecule has 2 heterocycles. The van der Waals surface area contributed by atoms with E-state index in [1.807, 2.05) is 0 Å². The number of carboxylic acids is 1. The highest BCUT2D eigenvalue weighted by Gasteiger charge is 2.36. The van der Waals surface area contributed by atoms with Crippen LogP contribution in [0, 0.1) is 6.92 Å². The summed E-state index contributed by atoms with van der Waals surface area (Å²) < 4.78 is 48.3. The second kappa shape index (κ2) is 7.42. The minimum Gasteiger partial charge on any atom is -0.497 e. The minimum atomic E-state index is -4.62. The van der Waals surface area contributed by atoms with Gasteiger partial charge in [-0.15, -0.1) is 0 Å². The van der Waals surface area contributed by atoms with Gasteiger partial charge in [0.1, 0.15) is 5.75 Å². The molecule has 0 fully saturated rings. The van der Waals surface area contributed by atoms with Crippen LogP contribution < -0.4 is 4.74 Å². The molecular weight excluding hydrogens is 411 g/mol. The van der Waals surface area contributed by atoms with Gasteiger partial charge in [-0.1, -0.05) is 12.1 Å². The molecule has 2 aromatic heterocycles. The molecule has 158 valence electrons. The van der Waals surface area contributed by atoms with E-state index in [0.717, 1.165) is 6.07 Å². The fourth-order valence-electron chi connectivity index (χ4n) is 3.37. The Balaban J connectivity index is 2.00. The van der Waals surface area contributed by atoms with Gasteiger partial charge in [0.2, 0.25) is 0 Å². The molecule has 0 amide bonds. The third-order valence-corrected chi connectivity index (χ3v) is 4.84. The van der Waals surface area contributed by atoms with E-state index in [1.165, 1.54) is 43.0 Å². The fourth-order valence-corrected chi connectivity index (χ4v) is 3.37. The summed E-state index contributed by atoms with van der Waals surface area (Å²) in [7, 11) is 1.47. The number of fused-ring (bicyclic) bond motifs is 1. The molecule has 0 aliphatic carbocycles. The van der Waals surface area contributed by atoms with Gasteiger partial charge in [0, 0.05) is 5.56 Å². The molecule has 0 saturated carbocycles. The summed E-state index contributed by atoms with van der Waals surface area (Å²) in [5.74, 6) is -0.618. The third kappa shape index (κ3) is 3.70. The van der Waals surface area contributed by atoms with Crippen LogP contribution in [0.2, 0.25) is 0 Å². The lowest BCUT2D eigenvalue weighted by Crippen LogP contribution is -2.08. The zero-order valence-corrected chi connectivity index (χ0v) is 16.4. The topological polar surface area (TPSA) is 77.2 Å². The Morgan fingerprint density at radius 1 is 1.10 bits per heavy atom. The first-order valence-corrected chi connectivity index (χ1v) is 9.15. The van der Waals surface area contributed by atoms with Crippen LogP contribution in [0.3, 0.4) is 0 Å². The van der Waals surface area contributed by atoms with Crippen molar-refractivity contribution in [3.8, 4) is 22.7 Å². The number of pyridine rings is 1. The summed E-state index contributed by atoms with van der Waals surface area (Å²) in [6, 6.07) is 13.3. The van der Waals surface area contributed by atoms with Gasteiger partial charge < -0.3 is 9.84 Å². The lowest BCUT2D eigenvalue weighted by molar-refractivity contribution is -0.136. The van der Waals surface area contributed by atoms with Crippen molar-refractivity contribution >= 4 is 17.0 Å². The maximum absolute atomic E-state index is 13.9. The van der Waals surface area contributed by atoms with Crippen molar-refractivity contribution in [1.82, 2.24) is 14.8 Å². The van der Waals surface area contributed by atoms with Crippen LogP contribution in [-0.2, 0) is 6.18 Å². The molecule has 0 saturated heterocycles. The number of nitrogens with zero attached hydrogens (tertiary/aromatic N) is 3. The number of methoxy groups -OCH3 is 1. The molecule has 4 aromatic rings. The Hall–Kier alpha value is -3.88. The molecule has 0 unspecified atom stereocenters. The molecule has 6 nitrogen and oxygen atoms in total. The van der Waals surface area contributed by atoms with Crippen molar-refractivity contribution in [2.75, 3.05) is 7.11 Å². The smallest absolute Gasteiger partial charge is 0.417 e. The number of carboxylic acid groups (broad SMARTS) is 1. The number of aromatic carboxylic acids is 1. The molecule has 0 spiro atoms. The third-order valence-electron chi connectivity index (χ3n) is 4.84. The summed E-state index contributed by atoms with van der Waals surface area (Å²) >= 11 is 0. The quantitative estimate of drug-likeness (QED) is 0.489. The molecular formula is C22H16F3N3O3. The van der Waals surface area contributed by atoms with E-state index in [0.29, 0.717) is 17.0 Å². The van der Waals surface area contributed by atoms with E-state index in [9.17, 15) is 18.0 Å². The average Bonchev–Trinajstić information content (AvgIpc) is 3.09. The number of carbonyl (C=O) groups is 1. The van der Waals surface area contributed by atoms with Crippen LogP contribution in [0.1, 0.15) is 21.6 Å². The van der Waals surface area contributed by atoms with E-state index >= 15 is 0 Å². The van der Waals surface area contributed by atoms with Crippen LogP contribution in [0.15, 0.2) is 54.6 Å². The number of rotatable bonds is 4. The van der Waals surface area contributed by atoms with Crippen LogP contribution in [-0.4, -0.2) is 33.0 Å². The van der Waals surface area contributed by atoms with Crippen LogP contribution >= 0.6 is 0 Å². The van der Waals surface area contributed by atoms with Gasteiger partial charge >= 0.3 is 12.1 Å². The summed E-state index contributed by atoms with van der Waals surface area (Å²) in [4.78, 5) is 15.6. The highest BCUT2D eigenvalue weighted by molar-refractivity contribution is 5.89. The molecule has 2 aromatic carbocycles. The standard InChI is InChI=1S/C22H16F3N3O3/c1-12-19-17(22(23,24)25)11-18(14-4-3-5-16(10-14)31-2)26-20(19)28(27-12)15-8-6-13(7-9-15)21(29)30/h3-11H,1-2H3,(H,29,30). The van der Waals surface area contributed by atoms with E-state index in [1.54, 1.807) is 24.3 Å². The van der Waals surface area contributed by atoms with Gasteiger partial charge in [-0.3, -0.25) is 0 Å². The fraction of sp³-hybridized carbons (Fsp3) is 0.136. The Morgan fingerprint density at radius 3 is 2.42 bits per heavy atom. The molecule has 0 aliphatic rings. The summed E-state index contributed by atoms with van der Waals surface area (Å²) in [5, 5.41) is 13.2. The first kappa shape index (κ1) is 20.4. The number of ether oxygens (including phenoxy) is 1. The largest absolute Gasteiger partial charge is 0.497 e. The van der Waals surface area contributed by atoms with Crippen LogP contribution in [0.4, 0.5) is 13.2 Å². The molecule has 31 heavy (non-hydrogen) atoms. The van der Waals surface area contributed by atoms with Gasteiger partial charge in [-0.2, -0.15) is 18.3 Å². The maximum Gasteiger partial charge on any atom is 0.417 e. The van der Waals surface area contributed by atoms with E-state index in [4.69, 9.17) is 9.84 Å². The van der Waals surface area contributed by atoms with E-state index in [2.05, 4.69) is 10.1 Å². The number of alkyl halides is 3. The van der Waals surface area contributed by atoms with Crippen molar-refractivity contribution in [2.24, 2.45) is 0 Å². The normalized spacial score (nSPS) is 11.6. The highest BCUT2D eigenvalue weighted by Crippen LogP contribution is 2.39. The summed E-state index contributed by atoms with van der Waals surface area (Å²) in [6.45, 7) is 1.48. The Morgan fingerprint density at radius 2 is 1.81 bits per heavy atom. The Labute approximate surface area is 174 Å². The number of hydrogen-bond acceptors (Lipinski definition) is 4. The predicted molar refractivity (Wildman–Crippen MR) is 108 cm³/mol. The lowest BCUT2D eigenvalue weighted by Gasteiger charge is -2.12. The zero-order chi connectivity index (χ0) is 22.3. The van der Waals surface area contributed by atoms with Gasteiger partial charge in [-0.25, -0.2) is 14.5 Å². The predicted octanol–water partition coefficient (Wildman–Crippen LogP) is 5.12. The number of benzene rings is 2. The minimum absolute atomic E-state index is 0.0215. The number of hydrogen-bond donors (Lipinski definition) is 1. The van der Waals surface area contributed by atoms with Gasteiger partial charge in [0.25, 0.3) is 0 Å². The zero-order valence-electron chi connectivity index (χ0n) is 16.4. The van der Waals surface area contributed by atoms with Crippen molar-refractivity contribution in [2.45, 2.75) is 13.1 Å². The van der Waals surface area contributed by atoms with Gasteiger partial charge in [-0.05, 0) is 49.4 Å². The first-order valence-electron chi connectivity index (χ1n) is 9.15. The van der Waals surface area contributed by atoms with Crippen LogP contribution in [0.25, 0.3) is 28.0 Å². The summed E-state index contributed by atoms with van der Waals surface area (Å²) in [6.07, 6.45) is -4.62. The average molecular weight is 427 g/mol. The van der Waals surface area contributed by atoms with E-state index < -0.39 is 17.7 Å². The highest BCUT2D eigenvalue weighted by atomic mass is 19.4. The van der Waals surface area contributed by atoms with Crippen molar-refractivity contribution in [3.63, 3.8) is 0 Å². The number of aromatic nitrogens is 3. The second-order valence-corrected chi connectivity index (χ2v) is 6.83. The number of aryl methyl sites for hydroxylation is 1. The number of halogens is 3. The molecule has 1 N–H and O–H groups in total. The molecule has 0 atom stereocenters. The SMILES string of the molecule is COc1cccc(-c2cc(C(F)(F)F)c3c(C)nn(-c4ccc(C(=O)O)cc4)c3n2)c1. The molecule has 0 aliphatic heterocycles. The summed E-state index contributed by atoms with van der Waals surface area (Å²) in [5.41, 5.74) is 0.355. The maximum atomic E-state index is 13.9. The second-order valence-electron chi connectivity index (χ2n) is 6.83. The molecule has 9 heteroatoms. The molecule has 0 radical (unpaired) electrons. The molecule has 0 bridgehead atoms. The van der Waals surface area contributed by atoms with Gasteiger partial charge in [0.05, 0.1) is 40.7 Å². The Kier molecular flexibility index (Phi) is 4.88. The monoisotopic (exact) mass is 427 g/mol. The van der Waals surface area contributed by atoms with Crippen molar-refractivity contribution in [3.05, 3.63) is 71.4 Å². The van der Waals surface area contributed by atoms with Crippen LogP contribution in [0.5, 0.6) is 5.75 Å².